The number of hydrogen-bond donors (Lipinski definition) is 0. The van der Waals surface area contributed by atoms with Crippen LogP contribution in [0.25, 0.3) is 0 Å². The van der Waals surface area contributed by atoms with E-state index in [0.29, 0.717) is 36.2 Å². The Balaban J connectivity index is 1.27. The van der Waals surface area contributed by atoms with E-state index in [1.165, 1.54) is 37.7 Å². The van der Waals surface area contributed by atoms with E-state index in [4.69, 9.17) is 9.47 Å². The van der Waals surface area contributed by atoms with Gasteiger partial charge in [-0.2, -0.15) is 0 Å². The van der Waals surface area contributed by atoms with Crippen molar-refractivity contribution < 1.29 is 23.9 Å². The number of cyclic esters (lactones) is 1. The molecule has 0 N–H and O–H groups in total. The third-order valence-corrected chi connectivity index (χ3v) is 10.5. The maximum Gasteiger partial charge on any atom is 0.319 e. The van der Waals surface area contributed by atoms with Gasteiger partial charge in [0.1, 0.15) is 11.4 Å². The van der Waals surface area contributed by atoms with Crippen LogP contribution in [-0.4, -0.2) is 35.0 Å². The van der Waals surface area contributed by atoms with Crippen molar-refractivity contribution in [3.63, 3.8) is 0 Å². The minimum atomic E-state index is -0.418. The van der Waals surface area contributed by atoms with Gasteiger partial charge in [-0.15, -0.1) is 0 Å². The summed E-state index contributed by atoms with van der Waals surface area (Å²) >= 11 is 1.01. The fourth-order valence-corrected chi connectivity index (χ4v) is 8.54. The van der Waals surface area contributed by atoms with E-state index in [1.807, 2.05) is 0 Å². The van der Waals surface area contributed by atoms with Crippen LogP contribution in [0.4, 0.5) is 0 Å². The molecule has 5 rings (SSSR count). The smallest absolute Gasteiger partial charge is 0.319 e. The molecule has 0 spiro atoms. The summed E-state index contributed by atoms with van der Waals surface area (Å²) in [5, 5.41) is -0.551. The third kappa shape index (κ3) is 4.21. The Hall–Kier alpha value is -1.56. The summed E-state index contributed by atoms with van der Waals surface area (Å²) in [5.74, 6) is 0.904. The molecule has 0 unspecified atom stereocenters. The monoisotopic (exact) mass is 472 g/mol. The van der Waals surface area contributed by atoms with E-state index >= 15 is 0 Å². The molecule has 0 radical (unpaired) electrons. The normalized spacial score (nSPS) is 41.5. The first-order valence-corrected chi connectivity index (χ1v) is 13.6. The highest BCUT2D eigenvalue weighted by atomic mass is 32.2. The maximum atomic E-state index is 12.9. The van der Waals surface area contributed by atoms with Gasteiger partial charge in [0.2, 0.25) is 0 Å². The van der Waals surface area contributed by atoms with Gasteiger partial charge in [0.15, 0.2) is 5.12 Å². The SMILES string of the molecule is C[C@@]12CCC[C@H]1[C@@H]1[C@H](OC(=O)CCC(=O)S[C@H]3CCOC3=O)CC3=CCC=C[C@]3(C)[C@H]1CC2. The Morgan fingerprint density at radius 2 is 2.00 bits per heavy atom. The van der Waals surface area contributed by atoms with E-state index in [2.05, 4.69) is 32.1 Å². The van der Waals surface area contributed by atoms with E-state index < -0.39 is 5.25 Å². The van der Waals surface area contributed by atoms with Gasteiger partial charge < -0.3 is 9.47 Å². The predicted molar refractivity (Wildman–Crippen MR) is 127 cm³/mol. The maximum absolute atomic E-state index is 12.9. The lowest BCUT2D eigenvalue weighted by molar-refractivity contribution is -0.164. The molecule has 6 heteroatoms. The number of carbonyl (C=O) groups excluding carboxylic acids is 3. The second kappa shape index (κ2) is 8.90. The molecule has 0 aromatic rings. The molecule has 1 saturated heterocycles. The van der Waals surface area contributed by atoms with Gasteiger partial charge in [0.05, 0.1) is 13.0 Å². The summed E-state index contributed by atoms with van der Waals surface area (Å²) in [5.41, 5.74) is 1.87. The number of ether oxygens (including phenoxy) is 2. The molecule has 5 nitrogen and oxygen atoms in total. The van der Waals surface area contributed by atoms with Crippen LogP contribution < -0.4 is 0 Å². The highest BCUT2D eigenvalue weighted by Gasteiger charge is 2.59. The number of thioether (sulfide) groups is 1. The largest absolute Gasteiger partial charge is 0.465 e. The first kappa shape index (κ1) is 23.2. The summed E-state index contributed by atoms with van der Waals surface area (Å²) < 4.78 is 11.1. The summed E-state index contributed by atoms with van der Waals surface area (Å²) in [4.78, 5) is 36.8. The summed E-state index contributed by atoms with van der Waals surface area (Å²) in [6.45, 7) is 5.22. The molecule has 4 fully saturated rings. The number of fused-ring (bicyclic) bond motifs is 5. The number of esters is 2. The lowest BCUT2D eigenvalue weighted by Crippen LogP contribution is -2.54. The topological polar surface area (TPSA) is 69.7 Å². The second-order valence-electron chi connectivity index (χ2n) is 11.2. The molecule has 3 saturated carbocycles. The molecule has 0 aromatic heterocycles. The molecule has 0 aromatic carbocycles. The van der Waals surface area contributed by atoms with E-state index in [-0.39, 0.29) is 41.4 Å². The van der Waals surface area contributed by atoms with E-state index in [0.717, 1.165) is 24.6 Å². The van der Waals surface area contributed by atoms with Gasteiger partial charge in [-0.3, -0.25) is 14.4 Å². The zero-order valence-electron chi connectivity index (χ0n) is 19.8. The molecule has 1 aliphatic heterocycles. The van der Waals surface area contributed by atoms with Crippen LogP contribution in [-0.2, 0) is 23.9 Å². The molecule has 0 amide bonds. The van der Waals surface area contributed by atoms with Gasteiger partial charge in [-0.25, -0.2) is 0 Å². The van der Waals surface area contributed by atoms with Crippen LogP contribution in [0.15, 0.2) is 23.8 Å². The lowest BCUT2D eigenvalue weighted by Gasteiger charge is -2.58. The number of allylic oxidation sites excluding steroid dienone is 3. The Labute approximate surface area is 201 Å². The van der Waals surface area contributed by atoms with Gasteiger partial charge in [0.25, 0.3) is 0 Å². The molecule has 7 atom stereocenters. The molecule has 1 heterocycles. The molecule has 5 aliphatic rings. The van der Waals surface area contributed by atoms with Crippen molar-refractivity contribution in [3.8, 4) is 0 Å². The first-order valence-electron chi connectivity index (χ1n) is 12.7. The van der Waals surface area contributed by atoms with Crippen molar-refractivity contribution in [2.75, 3.05) is 6.61 Å². The quantitative estimate of drug-likeness (QED) is 0.395. The molecule has 0 bridgehead atoms. The Kier molecular flexibility index (Phi) is 6.26. The van der Waals surface area contributed by atoms with Gasteiger partial charge in [-0.1, -0.05) is 55.8 Å². The van der Waals surface area contributed by atoms with Crippen molar-refractivity contribution in [2.45, 2.75) is 89.4 Å². The molecular weight excluding hydrogens is 436 g/mol. The minimum absolute atomic E-state index is 0.0816. The number of rotatable bonds is 5. The van der Waals surface area contributed by atoms with Crippen molar-refractivity contribution in [1.29, 1.82) is 0 Å². The van der Waals surface area contributed by atoms with Crippen molar-refractivity contribution in [1.82, 2.24) is 0 Å². The highest BCUT2D eigenvalue weighted by molar-refractivity contribution is 8.14. The van der Waals surface area contributed by atoms with Crippen LogP contribution in [0.2, 0.25) is 0 Å². The molecule has 4 aliphatic carbocycles. The molecule has 180 valence electrons. The molecular formula is C27H36O5S. The average Bonchev–Trinajstić information content (AvgIpc) is 3.37. The summed E-state index contributed by atoms with van der Waals surface area (Å²) in [7, 11) is 0. The zero-order chi connectivity index (χ0) is 23.2. The lowest BCUT2D eigenvalue weighted by atomic mass is 9.48. The fraction of sp³-hybridized carbons (Fsp3) is 0.741. The third-order valence-electron chi connectivity index (χ3n) is 9.37. The number of carbonyl (C=O) groups is 3. The van der Waals surface area contributed by atoms with E-state index in [9.17, 15) is 14.4 Å². The highest BCUT2D eigenvalue weighted by Crippen LogP contribution is 2.65. The fourth-order valence-electron chi connectivity index (χ4n) is 7.63. The van der Waals surface area contributed by atoms with Gasteiger partial charge in [-0.05, 0) is 49.4 Å². The second-order valence-corrected chi connectivity index (χ2v) is 12.5. The Bertz CT molecular complexity index is 893. The van der Waals surface area contributed by atoms with Crippen LogP contribution >= 0.6 is 11.8 Å². The van der Waals surface area contributed by atoms with Crippen molar-refractivity contribution >= 4 is 28.8 Å². The van der Waals surface area contributed by atoms with Crippen molar-refractivity contribution in [2.24, 2.45) is 28.6 Å². The summed E-state index contributed by atoms with van der Waals surface area (Å²) in [6.07, 6.45) is 15.8. The van der Waals surface area contributed by atoms with E-state index in [1.54, 1.807) is 0 Å². The van der Waals surface area contributed by atoms with Crippen LogP contribution in [0.5, 0.6) is 0 Å². The summed E-state index contributed by atoms with van der Waals surface area (Å²) in [6, 6.07) is 0. The van der Waals surface area contributed by atoms with Crippen LogP contribution in [0.3, 0.4) is 0 Å². The first-order chi connectivity index (χ1) is 15.8. The van der Waals surface area contributed by atoms with Gasteiger partial charge >= 0.3 is 11.9 Å². The standard InChI is InChI=1S/C27H36O5S/c1-26-12-5-7-18(26)24-19(10-14-26)27(2)13-4-3-6-17(27)16-20(24)32-22(28)8-9-23(29)33-21-11-15-31-25(21)30/h4,6,13,18-21,24H,3,5,7-12,14-16H2,1-2H3/t18-,19-,20+,21-,24-,26-,27-/m0/s1. The zero-order valence-corrected chi connectivity index (χ0v) is 20.7. The van der Waals surface area contributed by atoms with Crippen molar-refractivity contribution in [3.05, 3.63) is 23.8 Å². The number of hydrogen-bond acceptors (Lipinski definition) is 6. The van der Waals surface area contributed by atoms with Gasteiger partial charge in [0, 0.05) is 30.6 Å². The van der Waals surface area contributed by atoms with Crippen LogP contribution in [0, 0.1) is 28.6 Å². The Morgan fingerprint density at radius 1 is 1.15 bits per heavy atom. The predicted octanol–water partition coefficient (Wildman–Crippen LogP) is 5.38. The Morgan fingerprint density at radius 3 is 2.79 bits per heavy atom. The van der Waals surface area contributed by atoms with Crippen LogP contribution in [0.1, 0.15) is 78.1 Å². The minimum Gasteiger partial charge on any atom is -0.465 e. The average molecular weight is 473 g/mol. The molecule has 33 heavy (non-hydrogen) atoms.